The molecular formula is C10H14N2O3. The summed E-state index contributed by atoms with van der Waals surface area (Å²) in [5, 5.41) is 11.6. The summed E-state index contributed by atoms with van der Waals surface area (Å²) in [6, 6.07) is -0.131. The van der Waals surface area contributed by atoms with Crippen molar-refractivity contribution in [1.29, 1.82) is 0 Å². The van der Waals surface area contributed by atoms with Crippen molar-refractivity contribution in [2.45, 2.75) is 18.9 Å². The summed E-state index contributed by atoms with van der Waals surface area (Å²) < 4.78 is 0. The van der Waals surface area contributed by atoms with E-state index in [9.17, 15) is 9.59 Å². The minimum atomic E-state index is -0.814. The van der Waals surface area contributed by atoms with Crippen molar-refractivity contribution in [3.8, 4) is 0 Å². The molecule has 1 saturated heterocycles. The van der Waals surface area contributed by atoms with Gasteiger partial charge in [-0.1, -0.05) is 12.2 Å². The van der Waals surface area contributed by atoms with Gasteiger partial charge in [0.15, 0.2) is 0 Å². The summed E-state index contributed by atoms with van der Waals surface area (Å²) in [5.74, 6) is -1.25. The molecule has 1 heterocycles. The molecule has 2 aliphatic rings. The van der Waals surface area contributed by atoms with E-state index in [4.69, 9.17) is 5.11 Å². The van der Waals surface area contributed by atoms with Gasteiger partial charge in [-0.05, 0) is 12.8 Å². The van der Waals surface area contributed by atoms with Crippen molar-refractivity contribution in [2.24, 2.45) is 5.92 Å². The number of carboxylic acid groups (broad SMARTS) is 1. The van der Waals surface area contributed by atoms with E-state index in [-0.39, 0.29) is 12.1 Å². The summed E-state index contributed by atoms with van der Waals surface area (Å²) in [5.41, 5.74) is 0. The lowest BCUT2D eigenvalue weighted by Gasteiger charge is -2.32. The van der Waals surface area contributed by atoms with Crippen molar-refractivity contribution >= 4 is 12.0 Å². The van der Waals surface area contributed by atoms with Crippen LogP contribution in [0.1, 0.15) is 12.8 Å². The number of amides is 2. The molecule has 15 heavy (non-hydrogen) atoms. The average Bonchev–Trinajstić information content (AvgIpc) is 2.67. The fourth-order valence-electron chi connectivity index (χ4n) is 2.06. The fourth-order valence-corrected chi connectivity index (χ4v) is 2.06. The highest BCUT2D eigenvalue weighted by atomic mass is 16.4. The van der Waals surface area contributed by atoms with Crippen molar-refractivity contribution in [2.75, 3.05) is 13.1 Å². The van der Waals surface area contributed by atoms with E-state index in [2.05, 4.69) is 5.32 Å². The van der Waals surface area contributed by atoms with Crippen LogP contribution in [0.15, 0.2) is 12.2 Å². The zero-order valence-electron chi connectivity index (χ0n) is 8.35. The van der Waals surface area contributed by atoms with Crippen LogP contribution in [0.2, 0.25) is 0 Å². The highest BCUT2D eigenvalue weighted by Crippen LogP contribution is 2.23. The van der Waals surface area contributed by atoms with Crippen molar-refractivity contribution in [3.05, 3.63) is 12.2 Å². The molecule has 5 nitrogen and oxygen atoms in total. The maximum Gasteiger partial charge on any atom is 0.317 e. The zero-order chi connectivity index (χ0) is 10.8. The van der Waals surface area contributed by atoms with E-state index in [1.807, 2.05) is 6.08 Å². The normalized spacial score (nSPS) is 30.4. The van der Waals surface area contributed by atoms with E-state index < -0.39 is 11.9 Å². The second-order valence-corrected chi connectivity index (χ2v) is 3.91. The van der Waals surface area contributed by atoms with Crippen LogP contribution in [0.4, 0.5) is 4.79 Å². The van der Waals surface area contributed by atoms with Gasteiger partial charge in [0, 0.05) is 13.1 Å². The van der Waals surface area contributed by atoms with E-state index >= 15 is 0 Å². The summed E-state index contributed by atoms with van der Waals surface area (Å²) in [6.07, 6.45) is 4.93. The molecule has 0 aromatic heterocycles. The monoisotopic (exact) mass is 210 g/mol. The van der Waals surface area contributed by atoms with Gasteiger partial charge in [0.25, 0.3) is 0 Å². The first-order valence-electron chi connectivity index (χ1n) is 5.14. The number of nitrogens with one attached hydrogen (secondary N) is 1. The van der Waals surface area contributed by atoms with Crippen molar-refractivity contribution in [3.63, 3.8) is 0 Å². The number of carboxylic acids is 1. The van der Waals surface area contributed by atoms with Crippen LogP contribution in [-0.2, 0) is 4.79 Å². The number of rotatable bonds is 2. The topological polar surface area (TPSA) is 69.6 Å². The SMILES string of the molecule is O=C(O)C1C=CC(N2CCCNC2=O)C1. The molecule has 2 rings (SSSR count). The summed E-state index contributed by atoms with van der Waals surface area (Å²) in [7, 11) is 0. The molecule has 1 fully saturated rings. The quantitative estimate of drug-likeness (QED) is 0.649. The lowest BCUT2D eigenvalue weighted by Crippen LogP contribution is -2.50. The van der Waals surface area contributed by atoms with Crippen LogP contribution in [-0.4, -0.2) is 41.1 Å². The van der Waals surface area contributed by atoms with Crippen LogP contribution in [0.3, 0.4) is 0 Å². The summed E-state index contributed by atoms with van der Waals surface area (Å²) >= 11 is 0. The van der Waals surface area contributed by atoms with Gasteiger partial charge in [-0.2, -0.15) is 0 Å². The smallest absolute Gasteiger partial charge is 0.317 e. The van der Waals surface area contributed by atoms with Gasteiger partial charge in [-0.3, -0.25) is 4.79 Å². The van der Waals surface area contributed by atoms with Crippen LogP contribution in [0.5, 0.6) is 0 Å². The van der Waals surface area contributed by atoms with Gasteiger partial charge in [0.1, 0.15) is 0 Å². The van der Waals surface area contributed by atoms with Gasteiger partial charge in [-0.15, -0.1) is 0 Å². The third kappa shape index (κ3) is 1.95. The van der Waals surface area contributed by atoms with Gasteiger partial charge in [0.05, 0.1) is 12.0 Å². The molecule has 1 aliphatic heterocycles. The number of nitrogens with zero attached hydrogens (tertiary/aromatic N) is 1. The maximum atomic E-state index is 11.5. The van der Waals surface area contributed by atoms with E-state index in [1.165, 1.54) is 0 Å². The molecular weight excluding hydrogens is 196 g/mol. The van der Waals surface area contributed by atoms with Gasteiger partial charge >= 0.3 is 12.0 Å². The average molecular weight is 210 g/mol. The Bertz CT molecular complexity index is 314. The first kappa shape index (κ1) is 10.0. The number of carbonyl (C=O) groups is 2. The molecule has 0 spiro atoms. The van der Waals surface area contributed by atoms with Crippen LogP contribution in [0, 0.1) is 5.92 Å². The molecule has 2 unspecified atom stereocenters. The molecule has 0 aromatic carbocycles. The second kappa shape index (κ2) is 3.92. The van der Waals surface area contributed by atoms with Crippen molar-refractivity contribution < 1.29 is 14.7 Å². The molecule has 82 valence electrons. The van der Waals surface area contributed by atoms with Crippen LogP contribution >= 0.6 is 0 Å². The number of hydrogen-bond acceptors (Lipinski definition) is 2. The molecule has 0 bridgehead atoms. The van der Waals surface area contributed by atoms with E-state index in [0.29, 0.717) is 19.5 Å². The second-order valence-electron chi connectivity index (χ2n) is 3.91. The minimum absolute atomic E-state index is 0.0496. The molecule has 5 heteroatoms. The van der Waals surface area contributed by atoms with Gasteiger partial charge in [-0.25, -0.2) is 4.79 Å². The Kier molecular flexibility index (Phi) is 2.62. The third-order valence-electron chi connectivity index (χ3n) is 2.89. The third-order valence-corrected chi connectivity index (χ3v) is 2.89. The van der Waals surface area contributed by atoms with Crippen molar-refractivity contribution in [1.82, 2.24) is 10.2 Å². The Morgan fingerprint density at radius 2 is 2.33 bits per heavy atom. The Morgan fingerprint density at radius 3 is 2.93 bits per heavy atom. The van der Waals surface area contributed by atoms with Gasteiger partial charge in [0.2, 0.25) is 0 Å². The lowest BCUT2D eigenvalue weighted by atomic mass is 10.1. The number of urea groups is 1. The molecule has 2 N–H and O–H groups in total. The van der Waals surface area contributed by atoms with Gasteiger partial charge < -0.3 is 15.3 Å². The largest absolute Gasteiger partial charge is 0.481 e. The Balaban J connectivity index is 1.98. The van der Waals surface area contributed by atoms with Crippen LogP contribution in [0.25, 0.3) is 0 Å². The predicted molar refractivity (Wildman–Crippen MR) is 53.4 cm³/mol. The molecule has 0 aromatic rings. The zero-order valence-corrected chi connectivity index (χ0v) is 8.35. The Labute approximate surface area is 87.7 Å². The minimum Gasteiger partial charge on any atom is -0.481 e. The first-order chi connectivity index (χ1) is 7.18. The first-order valence-corrected chi connectivity index (χ1v) is 5.14. The number of aliphatic carboxylic acids is 1. The Hall–Kier alpha value is -1.52. The van der Waals surface area contributed by atoms with E-state index in [0.717, 1.165) is 6.42 Å². The molecule has 1 aliphatic carbocycles. The lowest BCUT2D eigenvalue weighted by molar-refractivity contribution is -0.140. The highest BCUT2D eigenvalue weighted by Gasteiger charge is 2.31. The maximum absolute atomic E-state index is 11.5. The van der Waals surface area contributed by atoms with E-state index in [1.54, 1.807) is 11.0 Å². The molecule has 0 radical (unpaired) electrons. The van der Waals surface area contributed by atoms with Crippen LogP contribution < -0.4 is 5.32 Å². The predicted octanol–water partition coefficient (Wildman–Crippen LogP) is 0.431. The standard InChI is InChI=1S/C10H14N2O3/c13-9(14)7-2-3-8(6-7)12-5-1-4-11-10(12)15/h2-3,7-8H,1,4-6H2,(H,11,15)(H,13,14). The number of carbonyl (C=O) groups excluding carboxylic acids is 1. The molecule has 0 saturated carbocycles. The summed E-state index contributed by atoms with van der Waals surface area (Å²) in [6.45, 7) is 1.43. The molecule has 2 atom stereocenters. The summed E-state index contributed by atoms with van der Waals surface area (Å²) in [4.78, 5) is 23.9. The number of hydrogen-bond donors (Lipinski definition) is 2. The fraction of sp³-hybridized carbons (Fsp3) is 0.600. The Morgan fingerprint density at radius 1 is 1.53 bits per heavy atom. The highest BCUT2D eigenvalue weighted by molar-refractivity contribution is 5.77. The molecule has 2 amide bonds.